The molecule has 6 aromatic rings. The molecule has 0 radical (unpaired) electrons. The number of rotatable bonds is 7. The van der Waals surface area contributed by atoms with Gasteiger partial charge in [-0.15, -0.1) is 0 Å². The molecule has 216 valence electrons. The first-order chi connectivity index (χ1) is 21.0. The number of halogens is 1. The Morgan fingerprint density at radius 2 is 1.79 bits per heavy atom. The van der Waals surface area contributed by atoms with Gasteiger partial charge in [-0.2, -0.15) is 5.10 Å². The fourth-order valence-electron chi connectivity index (χ4n) is 5.74. The molecule has 4 N–H and O–H groups in total. The van der Waals surface area contributed by atoms with Crippen LogP contribution in [0.1, 0.15) is 19.3 Å². The standard InChI is InChI=1S/C32H29FN8O2/c1-43-24-9-19(7-22(33)11-24)27-16-36-17-29-25(27)12-28(39-29)31-26-10-21(14-37-32(26)41-40-31)20-8-23(15-35-13-20)38-30(42)6-18-2-4-34-5-3-18/h7-18,34,39H,2-6H2,1H3,(H,38,42)(H,37,40,41). The second-order valence-corrected chi connectivity index (χ2v) is 10.8. The summed E-state index contributed by atoms with van der Waals surface area (Å²) in [6.07, 6.45) is 11.1. The summed E-state index contributed by atoms with van der Waals surface area (Å²) in [5.74, 6) is 0.443. The predicted molar refractivity (Wildman–Crippen MR) is 163 cm³/mol. The van der Waals surface area contributed by atoms with Crippen molar-refractivity contribution in [1.82, 2.24) is 35.5 Å². The van der Waals surface area contributed by atoms with Crippen molar-refractivity contribution in [3.8, 4) is 39.4 Å². The van der Waals surface area contributed by atoms with Crippen LogP contribution in [-0.2, 0) is 4.79 Å². The topological polar surface area (TPSA) is 134 Å². The summed E-state index contributed by atoms with van der Waals surface area (Å²) in [5.41, 5.74) is 6.62. The number of methoxy groups -OCH3 is 1. The highest BCUT2D eigenvalue weighted by Crippen LogP contribution is 2.35. The van der Waals surface area contributed by atoms with Gasteiger partial charge < -0.3 is 20.4 Å². The van der Waals surface area contributed by atoms with Crippen LogP contribution in [0, 0.1) is 11.7 Å². The van der Waals surface area contributed by atoms with Crippen LogP contribution in [0.3, 0.4) is 0 Å². The lowest BCUT2D eigenvalue weighted by molar-refractivity contribution is -0.117. The molecule has 7 rings (SSSR count). The molecule has 43 heavy (non-hydrogen) atoms. The summed E-state index contributed by atoms with van der Waals surface area (Å²) in [5, 5.41) is 15.6. The van der Waals surface area contributed by atoms with E-state index in [1.165, 1.54) is 19.2 Å². The quantitative estimate of drug-likeness (QED) is 0.191. The van der Waals surface area contributed by atoms with Crippen molar-refractivity contribution in [3.63, 3.8) is 0 Å². The number of amides is 1. The van der Waals surface area contributed by atoms with Gasteiger partial charge in [0.2, 0.25) is 5.91 Å². The number of nitrogens with zero attached hydrogens (tertiary/aromatic N) is 4. The molecular weight excluding hydrogens is 547 g/mol. The van der Waals surface area contributed by atoms with E-state index in [9.17, 15) is 9.18 Å². The zero-order valence-electron chi connectivity index (χ0n) is 23.4. The molecule has 0 bridgehead atoms. The van der Waals surface area contributed by atoms with Gasteiger partial charge in [0.1, 0.15) is 11.6 Å². The Labute approximate surface area is 246 Å². The number of hydrogen-bond donors (Lipinski definition) is 4. The highest BCUT2D eigenvalue weighted by atomic mass is 19.1. The zero-order chi connectivity index (χ0) is 29.3. The van der Waals surface area contributed by atoms with Crippen LogP contribution in [-0.4, -0.2) is 56.2 Å². The largest absolute Gasteiger partial charge is 0.497 e. The number of pyridine rings is 3. The molecule has 1 saturated heterocycles. The molecule has 10 nitrogen and oxygen atoms in total. The molecule has 0 unspecified atom stereocenters. The number of ether oxygens (including phenoxy) is 1. The minimum absolute atomic E-state index is 0.000836. The average molecular weight is 577 g/mol. The maximum Gasteiger partial charge on any atom is 0.224 e. The van der Waals surface area contributed by atoms with Crippen LogP contribution in [0.25, 0.3) is 55.6 Å². The van der Waals surface area contributed by atoms with E-state index < -0.39 is 0 Å². The van der Waals surface area contributed by atoms with Crippen molar-refractivity contribution in [2.45, 2.75) is 19.3 Å². The molecule has 11 heteroatoms. The second kappa shape index (κ2) is 11.3. The van der Waals surface area contributed by atoms with Crippen LogP contribution in [0.15, 0.2) is 67.4 Å². The summed E-state index contributed by atoms with van der Waals surface area (Å²) in [7, 11) is 1.51. The summed E-state index contributed by atoms with van der Waals surface area (Å²) >= 11 is 0. The van der Waals surface area contributed by atoms with Gasteiger partial charge in [-0.05, 0) is 67.7 Å². The number of piperidine rings is 1. The van der Waals surface area contributed by atoms with Crippen molar-refractivity contribution < 1.29 is 13.9 Å². The zero-order valence-corrected chi connectivity index (χ0v) is 23.4. The van der Waals surface area contributed by atoms with Gasteiger partial charge in [0, 0.05) is 58.5 Å². The van der Waals surface area contributed by atoms with Crippen molar-refractivity contribution in [2.24, 2.45) is 5.92 Å². The van der Waals surface area contributed by atoms with E-state index in [-0.39, 0.29) is 11.7 Å². The number of aromatic nitrogens is 6. The summed E-state index contributed by atoms with van der Waals surface area (Å²) < 4.78 is 19.6. The third kappa shape index (κ3) is 5.42. The minimum Gasteiger partial charge on any atom is -0.497 e. The number of hydrogen-bond acceptors (Lipinski definition) is 7. The summed E-state index contributed by atoms with van der Waals surface area (Å²) in [6.45, 7) is 1.92. The number of carbonyl (C=O) groups excluding carboxylic acids is 1. The van der Waals surface area contributed by atoms with Gasteiger partial charge in [0.25, 0.3) is 0 Å². The van der Waals surface area contributed by atoms with E-state index in [2.05, 4.69) is 40.8 Å². The van der Waals surface area contributed by atoms with Crippen LogP contribution in [0.4, 0.5) is 10.1 Å². The second-order valence-electron chi connectivity index (χ2n) is 10.8. The van der Waals surface area contributed by atoms with Crippen molar-refractivity contribution in [1.29, 1.82) is 0 Å². The van der Waals surface area contributed by atoms with Gasteiger partial charge in [0.15, 0.2) is 5.65 Å². The highest BCUT2D eigenvalue weighted by Gasteiger charge is 2.18. The van der Waals surface area contributed by atoms with Crippen LogP contribution < -0.4 is 15.4 Å². The van der Waals surface area contributed by atoms with E-state index >= 15 is 0 Å². The lowest BCUT2D eigenvalue weighted by atomic mass is 9.94. The fraction of sp³-hybridized carbons (Fsp3) is 0.219. The first kappa shape index (κ1) is 26.7. The minimum atomic E-state index is -0.389. The van der Waals surface area contributed by atoms with Gasteiger partial charge >= 0.3 is 0 Å². The Morgan fingerprint density at radius 1 is 0.953 bits per heavy atom. The van der Waals surface area contributed by atoms with E-state index in [4.69, 9.17) is 4.74 Å². The van der Waals surface area contributed by atoms with Crippen LogP contribution >= 0.6 is 0 Å². The molecule has 0 saturated carbocycles. The molecule has 5 aromatic heterocycles. The van der Waals surface area contributed by atoms with Crippen molar-refractivity contribution >= 4 is 33.5 Å². The van der Waals surface area contributed by atoms with E-state index in [0.29, 0.717) is 35.0 Å². The third-order valence-electron chi connectivity index (χ3n) is 7.93. The first-order valence-electron chi connectivity index (χ1n) is 14.2. The predicted octanol–water partition coefficient (Wildman–Crippen LogP) is 5.71. The Hall–Kier alpha value is -5.16. The maximum atomic E-state index is 14.3. The number of benzene rings is 1. The molecule has 0 atom stereocenters. The Morgan fingerprint density at radius 3 is 2.65 bits per heavy atom. The van der Waals surface area contributed by atoms with Gasteiger partial charge in [-0.25, -0.2) is 9.37 Å². The van der Waals surface area contributed by atoms with Crippen molar-refractivity contribution in [3.05, 3.63) is 73.2 Å². The molecule has 0 spiro atoms. The number of carbonyl (C=O) groups is 1. The van der Waals surface area contributed by atoms with Crippen LogP contribution in [0.5, 0.6) is 5.75 Å². The maximum absolute atomic E-state index is 14.3. The summed E-state index contributed by atoms with van der Waals surface area (Å²) in [6, 6.07) is 10.5. The molecule has 1 aliphatic heterocycles. The average Bonchev–Trinajstić information content (AvgIpc) is 3.65. The Balaban J connectivity index is 1.20. The molecular formula is C32H29FN8O2. The number of fused-ring (bicyclic) bond motifs is 2. The molecule has 1 aliphatic rings. The summed E-state index contributed by atoms with van der Waals surface area (Å²) in [4.78, 5) is 29.4. The Bertz CT molecular complexity index is 1960. The smallest absolute Gasteiger partial charge is 0.224 e. The van der Waals surface area contributed by atoms with Gasteiger partial charge in [-0.1, -0.05) is 0 Å². The Kier molecular flexibility index (Phi) is 6.99. The number of aromatic amines is 2. The van der Waals surface area contributed by atoms with E-state index in [1.54, 1.807) is 37.1 Å². The highest BCUT2D eigenvalue weighted by molar-refractivity contribution is 6.01. The lowest BCUT2D eigenvalue weighted by Gasteiger charge is -2.21. The van der Waals surface area contributed by atoms with E-state index in [1.807, 2.05) is 18.2 Å². The number of H-pyrrole nitrogens is 2. The van der Waals surface area contributed by atoms with Crippen molar-refractivity contribution in [2.75, 3.05) is 25.5 Å². The molecule has 6 heterocycles. The van der Waals surface area contributed by atoms with Gasteiger partial charge in [-0.3, -0.25) is 19.9 Å². The van der Waals surface area contributed by atoms with E-state index in [0.717, 1.165) is 70.3 Å². The normalized spacial score (nSPS) is 13.9. The lowest BCUT2D eigenvalue weighted by Crippen LogP contribution is -2.30. The van der Waals surface area contributed by atoms with Crippen LogP contribution in [0.2, 0.25) is 0 Å². The molecule has 0 aliphatic carbocycles. The number of nitrogens with one attached hydrogen (secondary N) is 4. The monoisotopic (exact) mass is 576 g/mol. The first-order valence-corrected chi connectivity index (χ1v) is 14.2. The molecule has 1 aromatic carbocycles. The SMILES string of the molecule is COc1cc(F)cc(-c2cncc3[nH]c(-c4[nH]nc5ncc(-c6cncc(NC(=O)CC7CCNCC7)c6)cc45)cc23)c1. The third-order valence-corrected chi connectivity index (χ3v) is 7.93. The fourth-order valence-corrected chi connectivity index (χ4v) is 5.74. The number of anilines is 1. The molecule has 1 amide bonds. The molecule has 1 fully saturated rings. The van der Waals surface area contributed by atoms with Gasteiger partial charge in [0.05, 0.1) is 42.1 Å².